The second-order valence-corrected chi connectivity index (χ2v) is 5.40. The average molecular weight is 247 g/mol. The minimum Gasteiger partial charge on any atom is -0.392 e. The lowest BCUT2D eigenvalue weighted by atomic mass is 10.1. The van der Waals surface area contributed by atoms with Gasteiger partial charge < -0.3 is 5.11 Å². The average Bonchev–Trinajstić information content (AvgIpc) is 2.78. The maximum Gasteiger partial charge on any atom is 0.0629 e. The molecule has 0 saturated heterocycles. The largest absolute Gasteiger partial charge is 0.392 e. The van der Waals surface area contributed by atoms with Gasteiger partial charge in [-0.1, -0.05) is 13.0 Å². The first-order chi connectivity index (χ1) is 8.28. The van der Waals surface area contributed by atoms with E-state index in [4.69, 9.17) is 0 Å². The van der Waals surface area contributed by atoms with Crippen LogP contribution in [0.1, 0.15) is 22.2 Å². The van der Waals surface area contributed by atoms with Gasteiger partial charge in [-0.3, -0.25) is 4.98 Å². The van der Waals surface area contributed by atoms with Crippen molar-refractivity contribution in [1.29, 1.82) is 0 Å². The van der Waals surface area contributed by atoms with Crippen LogP contribution in [-0.2, 0) is 19.3 Å². The molecule has 0 aromatic carbocycles. The minimum atomic E-state index is -0.317. The van der Waals surface area contributed by atoms with Crippen molar-refractivity contribution < 1.29 is 5.11 Å². The normalized spacial score (nSPS) is 12.6. The van der Waals surface area contributed by atoms with Gasteiger partial charge in [-0.2, -0.15) is 0 Å². The van der Waals surface area contributed by atoms with Crippen LogP contribution in [-0.4, -0.2) is 16.2 Å². The lowest BCUT2D eigenvalue weighted by Crippen LogP contribution is -2.13. The van der Waals surface area contributed by atoms with Crippen LogP contribution >= 0.6 is 11.3 Å². The molecule has 0 spiro atoms. The molecule has 2 rings (SSSR count). The van der Waals surface area contributed by atoms with E-state index in [-0.39, 0.29) is 6.10 Å². The third-order valence-corrected chi connectivity index (χ3v) is 3.95. The van der Waals surface area contributed by atoms with Crippen molar-refractivity contribution in [2.24, 2.45) is 0 Å². The van der Waals surface area contributed by atoms with E-state index >= 15 is 0 Å². The van der Waals surface area contributed by atoms with Gasteiger partial charge in [0, 0.05) is 35.0 Å². The first-order valence-corrected chi connectivity index (χ1v) is 6.74. The van der Waals surface area contributed by atoms with Crippen molar-refractivity contribution in [3.63, 3.8) is 0 Å². The molecule has 2 nitrogen and oxygen atoms in total. The molecule has 0 saturated carbocycles. The molecule has 1 N–H and O–H groups in total. The zero-order chi connectivity index (χ0) is 12.1. The molecule has 0 fully saturated rings. The van der Waals surface area contributed by atoms with E-state index in [9.17, 15) is 5.11 Å². The second-order valence-electron chi connectivity index (χ2n) is 4.14. The number of aryl methyl sites for hydroxylation is 1. The molecule has 3 heteroatoms. The van der Waals surface area contributed by atoms with Crippen molar-refractivity contribution in [3.8, 4) is 0 Å². The molecule has 0 amide bonds. The summed E-state index contributed by atoms with van der Waals surface area (Å²) in [5.74, 6) is 0. The fraction of sp³-hybridized carbons (Fsp3) is 0.357. The van der Waals surface area contributed by atoms with Crippen LogP contribution in [0.2, 0.25) is 0 Å². The Bertz CT molecular complexity index is 452. The summed E-state index contributed by atoms with van der Waals surface area (Å²) >= 11 is 1.80. The molecule has 90 valence electrons. The number of pyridine rings is 1. The highest BCUT2D eigenvalue weighted by molar-refractivity contribution is 7.11. The zero-order valence-electron chi connectivity index (χ0n) is 9.97. The van der Waals surface area contributed by atoms with Gasteiger partial charge in [0.1, 0.15) is 0 Å². The van der Waals surface area contributed by atoms with Crippen LogP contribution < -0.4 is 0 Å². The maximum absolute atomic E-state index is 10.0. The van der Waals surface area contributed by atoms with Crippen molar-refractivity contribution in [3.05, 3.63) is 52.0 Å². The molecule has 2 aromatic rings. The number of aromatic nitrogens is 1. The van der Waals surface area contributed by atoms with E-state index in [0.717, 1.165) is 18.4 Å². The summed E-state index contributed by atoms with van der Waals surface area (Å²) in [6, 6.07) is 8.18. The Morgan fingerprint density at radius 3 is 2.71 bits per heavy atom. The van der Waals surface area contributed by atoms with Gasteiger partial charge in [0.05, 0.1) is 6.10 Å². The molecule has 0 aliphatic rings. The summed E-state index contributed by atoms with van der Waals surface area (Å²) in [5.41, 5.74) is 1.09. The molecule has 1 atom stereocenters. The number of thiophene rings is 1. The van der Waals surface area contributed by atoms with Gasteiger partial charge in [-0.15, -0.1) is 11.3 Å². The van der Waals surface area contributed by atoms with E-state index in [1.165, 1.54) is 9.75 Å². The van der Waals surface area contributed by atoms with Crippen LogP contribution in [0.15, 0.2) is 36.7 Å². The minimum absolute atomic E-state index is 0.317. The van der Waals surface area contributed by atoms with Gasteiger partial charge in [0.15, 0.2) is 0 Å². The van der Waals surface area contributed by atoms with E-state index < -0.39 is 0 Å². The maximum atomic E-state index is 10.0. The van der Waals surface area contributed by atoms with Gasteiger partial charge in [0.25, 0.3) is 0 Å². The van der Waals surface area contributed by atoms with Gasteiger partial charge in [-0.05, 0) is 30.2 Å². The molecule has 0 aliphatic heterocycles. The predicted octanol–water partition coefficient (Wildman–Crippen LogP) is 2.85. The lowest BCUT2D eigenvalue weighted by molar-refractivity contribution is 0.176. The van der Waals surface area contributed by atoms with Crippen LogP contribution in [0.25, 0.3) is 0 Å². The molecule has 1 unspecified atom stereocenters. The molecule has 2 aromatic heterocycles. The summed E-state index contributed by atoms with van der Waals surface area (Å²) in [6.07, 6.45) is 5.73. The fourth-order valence-corrected chi connectivity index (χ4v) is 2.85. The monoisotopic (exact) mass is 247 g/mol. The highest BCUT2D eigenvalue weighted by Crippen LogP contribution is 2.19. The molecule has 0 aliphatic carbocycles. The first-order valence-electron chi connectivity index (χ1n) is 5.92. The highest BCUT2D eigenvalue weighted by Gasteiger charge is 2.08. The first kappa shape index (κ1) is 12.3. The fourth-order valence-electron chi connectivity index (χ4n) is 1.82. The van der Waals surface area contributed by atoms with E-state index in [1.807, 2.05) is 18.3 Å². The Morgan fingerprint density at radius 2 is 2.06 bits per heavy atom. The summed E-state index contributed by atoms with van der Waals surface area (Å²) < 4.78 is 0. The molecule has 2 heterocycles. The Balaban J connectivity index is 1.91. The van der Waals surface area contributed by atoms with Crippen LogP contribution in [0.5, 0.6) is 0 Å². The summed E-state index contributed by atoms with van der Waals surface area (Å²) in [6.45, 7) is 2.15. The summed E-state index contributed by atoms with van der Waals surface area (Å²) in [5, 5.41) is 10.0. The quantitative estimate of drug-likeness (QED) is 0.881. The van der Waals surface area contributed by atoms with Crippen LogP contribution in [0, 0.1) is 0 Å². The van der Waals surface area contributed by atoms with Crippen LogP contribution in [0.4, 0.5) is 0 Å². The Morgan fingerprint density at radius 1 is 1.24 bits per heavy atom. The van der Waals surface area contributed by atoms with Crippen molar-refractivity contribution >= 4 is 11.3 Å². The standard InChI is InChI=1S/C14H17NOS/c1-2-13-5-6-14(17-13)9-12(16)8-11-4-3-7-15-10-11/h3-7,10,12,16H,2,8-9H2,1H3. The highest BCUT2D eigenvalue weighted by atomic mass is 32.1. The van der Waals surface area contributed by atoms with Crippen LogP contribution in [0.3, 0.4) is 0 Å². The van der Waals surface area contributed by atoms with Crippen molar-refractivity contribution in [2.75, 3.05) is 0 Å². The number of hydrogen-bond donors (Lipinski definition) is 1. The Kier molecular flexibility index (Phi) is 4.29. The van der Waals surface area contributed by atoms with Gasteiger partial charge in [-0.25, -0.2) is 0 Å². The molecule has 0 bridgehead atoms. The molecular weight excluding hydrogens is 230 g/mol. The van der Waals surface area contributed by atoms with Gasteiger partial charge >= 0.3 is 0 Å². The van der Waals surface area contributed by atoms with E-state index in [0.29, 0.717) is 6.42 Å². The van der Waals surface area contributed by atoms with E-state index in [1.54, 1.807) is 17.5 Å². The summed E-state index contributed by atoms with van der Waals surface area (Å²) in [7, 11) is 0. The van der Waals surface area contributed by atoms with Crippen molar-refractivity contribution in [2.45, 2.75) is 32.3 Å². The third-order valence-electron chi connectivity index (χ3n) is 2.70. The Hall–Kier alpha value is -1.19. The van der Waals surface area contributed by atoms with E-state index in [2.05, 4.69) is 24.0 Å². The summed E-state index contributed by atoms with van der Waals surface area (Å²) in [4.78, 5) is 6.70. The topological polar surface area (TPSA) is 33.1 Å². The third kappa shape index (κ3) is 3.65. The molecular formula is C14H17NOS. The molecule has 17 heavy (non-hydrogen) atoms. The lowest BCUT2D eigenvalue weighted by Gasteiger charge is -2.08. The SMILES string of the molecule is CCc1ccc(CC(O)Cc2cccnc2)s1. The number of hydrogen-bond acceptors (Lipinski definition) is 3. The zero-order valence-corrected chi connectivity index (χ0v) is 10.8. The smallest absolute Gasteiger partial charge is 0.0629 e. The number of rotatable bonds is 5. The number of nitrogens with zero attached hydrogens (tertiary/aromatic N) is 1. The molecule has 0 radical (unpaired) electrons. The predicted molar refractivity (Wildman–Crippen MR) is 71.3 cm³/mol. The second kappa shape index (κ2) is 5.94. The Labute approximate surface area is 106 Å². The number of aliphatic hydroxyl groups is 1. The van der Waals surface area contributed by atoms with Crippen molar-refractivity contribution in [1.82, 2.24) is 4.98 Å². The number of aliphatic hydroxyl groups excluding tert-OH is 1. The van der Waals surface area contributed by atoms with Gasteiger partial charge in [0.2, 0.25) is 0 Å².